The lowest BCUT2D eigenvalue weighted by atomic mass is 10.1. The molecule has 1 fully saturated rings. The van der Waals surface area contributed by atoms with Gasteiger partial charge < -0.3 is 15.4 Å². The summed E-state index contributed by atoms with van der Waals surface area (Å²) in [7, 11) is 1.81. The van der Waals surface area contributed by atoms with Gasteiger partial charge in [0.2, 0.25) is 0 Å². The Labute approximate surface area is 145 Å². The second-order valence-electron chi connectivity index (χ2n) is 4.90. The Kier molecular flexibility index (Phi) is 14.5. The van der Waals surface area contributed by atoms with E-state index in [2.05, 4.69) is 21.9 Å². The van der Waals surface area contributed by atoms with Crippen molar-refractivity contribution in [3.63, 3.8) is 0 Å². The highest BCUT2D eigenvalue weighted by Crippen LogP contribution is 2.19. The fourth-order valence-corrected chi connectivity index (χ4v) is 2.60. The van der Waals surface area contributed by atoms with Crippen molar-refractivity contribution in [2.24, 2.45) is 4.99 Å². The first-order valence-electron chi connectivity index (χ1n) is 7.42. The molecule has 120 valence electrons. The Morgan fingerprint density at radius 3 is 2.40 bits per heavy atom. The number of nitrogens with one attached hydrogen (secondary N) is 2. The van der Waals surface area contributed by atoms with E-state index in [4.69, 9.17) is 4.74 Å². The van der Waals surface area contributed by atoms with Gasteiger partial charge in [0.25, 0.3) is 0 Å². The molecule has 0 aromatic carbocycles. The van der Waals surface area contributed by atoms with Crippen LogP contribution in [-0.2, 0) is 4.74 Å². The van der Waals surface area contributed by atoms with Gasteiger partial charge in [-0.05, 0) is 19.1 Å². The first kappa shape index (κ1) is 20.3. The van der Waals surface area contributed by atoms with E-state index in [0.29, 0.717) is 6.10 Å². The van der Waals surface area contributed by atoms with Gasteiger partial charge in [0.1, 0.15) is 0 Å². The normalized spacial score (nSPS) is 17.2. The lowest BCUT2D eigenvalue weighted by Crippen LogP contribution is -2.40. The number of aliphatic imine (C=N–C) groups is 1. The molecule has 0 atom stereocenters. The maximum atomic E-state index is 5.93. The molecular formula is C14H30IN3OS. The zero-order valence-electron chi connectivity index (χ0n) is 12.8. The van der Waals surface area contributed by atoms with Crippen LogP contribution >= 0.6 is 35.7 Å². The highest BCUT2D eigenvalue weighted by molar-refractivity contribution is 14.0. The van der Waals surface area contributed by atoms with Gasteiger partial charge in [-0.25, -0.2) is 0 Å². The van der Waals surface area contributed by atoms with Crippen LogP contribution < -0.4 is 10.6 Å². The van der Waals surface area contributed by atoms with Gasteiger partial charge in [0.05, 0.1) is 12.7 Å². The summed E-state index contributed by atoms with van der Waals surface area (Å²) in [6.45, 7) is 2.55. The van der Waals surface area contributed by atoms with E-state index in [1.165, 1.54) is 38.5 Å². The molecule has 0 unspecified atom stereocenters. The standard InChI is InChI=1S/C14H29N3OS.HI/c1-15-14(17-10-12-19-2)16-9-11-18-13-7-5-3-4-6-8-13;/h13H,3-12H2,1-2H3,(H2,15,16,17);1H. The van der Waals surface area contributed by atoms with E-state index >= 15 is 0 Å². The minimum Gasteiger partial charge on any atom is -0.376 e. The molecular weight excluding hydrogens is 385 g/mol. The number of ether oxygens (including phenoxy) is 1. The van der Waals surface area contributed by atoms with Gasteiger partial charge in [-0.15, -0.1) is 24.0 Å². The summed E-state index contributed by atoms with van der Waals surface area (Å²) < 4.78 is 5.93. The van der Waals surface area contributed by atoms with Crippen LogP contribution in [0.5, 0.6) is 0 Å². The number of guanidine groups is 1. The first-order valence-corrected chi connectivity index (χ1v) is 8.81. The molecule has 1 saturated carbocycles. The van der Waals surface area contributed by atoms with E-state index in [1.807, 2.05) is 11.8 Å². The van der Waals surface area contributed by atoms with Crippen molar-refractivity contribution in [1.82, 2.24) is 10.6 Å². The third-order valence-corrected chi connectivity index (χ3v) is 3.98. The Hall–Kier alpha value is 0.310. The number of hydrogen-bond acceptors (Lipinski definition) is 3. The van der Waals surface area contributed by atoms with Crippen LogP contribution in [-0.4, -0.2) is 50.8 Å². The van der Waals surface area contributed by atoms with Gasteiger partial charge in [0, 0.05) is 25.9 Å². The lowest BCUT2D eigenvalue weighted by Gasteiger charge is -2.16. The molecule has 0 heterocycles. The van der Waals surface area contributed by atoms with E-state index in [0.717, 1.165) is 31.4 Å². The van der Waals surface area contributed by atoms with Gasteiger partial charge in [-0.1, -0.05) is 25.7 Å². The first-order chi connectivity index (χ1) is 9.36. The molecule has 0 amide bonds. The fraction of sp³-hybridized carbons (Fsp3) is 0.929. The highest BCUT2D eigenvalue weighted by atomic mass is 127. The monoisotopic (exact) mass is 415 g/mol. The molecule has 0 aliphatic heterocycles. The second kappa shape index (κ2) is 14.3. The zero-order valence-corrected chi connectivity index (χ0v) is 16.0. The maximum absolute atomic E-state index is 5.93. The smallest absolute Gasteiger partial charge is 0.191 e. The minimum atomic E-state index is 0. The molecule has 2 N–H and O–H groups in total. The number of hydrogen-bond donors (Lipinski definition) is 2. The second-order valence-corrected chi connectivity index (χ2v) is 5.89. The third kappa shape index (κ3) is 10.1. The molecule has 0 radical (unpaired) electrons. The minimum absolute atomic E-state index is 0. The summed E-state index contributed by atoms with van der Waals surface area (Å²) in [5, 5.41) is 6.57. The van der Waals surface area contributed by atoms with E-state index in [1.54, 1.807) is 7.05 Å². The number of rotatable bonds is 7. The van der Waals surface area contributed by atoms with E-state index in [9.17, 15) is 0 Å². The summed E-state index contributed by atoms with van der Waals surface area (Å²) in [5.41, 5.74) is 0. The van der Waals surface area contributed by atoms with Gasteiger partial charge in [0.15, 0.2) is 5.96 Å². The summed E-state index contributed by atoms with van der Waals surface area (Å²) >= 11 is 1.83. The Bertz CT molecular complexity index is 247. The van der Waals surface area contributed by atoms with Crippen molar-refractivity contribution in [2.45, 2.75) is 44.6 Å². The quantitative estimate of drug-likeness (QED) is 0.221. The molecule has 20 heavy (non-hydrogen) atoms. The summed E-state index contributed by atoms with van der Waals surface area (Å²) in [6, 6.07) is 0. The van der Waals surface area contributed by atoms with Crippen molar-refractivity contribution < 1.29 is 4.74 Å². The molecule has 0 saturated heterocycles. The van der Waals surface area contributed by atoms with Crippen molar-refractivity contribution in [1.29, 1.82) is 0 Å². The lowest BCUT2D eigenvalue weighted by molar-refractivity contribution is 0.0468. The van der Waals surface area contributed by atoms with Crippen LogP contribution in [0, 0.1) is 0 Å². The predicted octanol–water partition coefficient (Wildman–Crippen LogP) is 2.87. The van der Waals surface area contributed by atoms with Crippen LogP contribution in [0.4, 0.5) is 0 Å². The number of nitrogens with zero attached hydrogens (tertiary/aromatic N) is 1. The molecule has 6 heteroatoms. The van der Waals surface area contributed by atoms with Crippen LogP contribution in [0.3, 0.4) is 0 Å². The summed E-state index contributed by atoms with van der Waals surface area (Å²) in [4.78, 5) is 4.19. The van der Waals surface area contributed by atoms with Crippen molar-refractivity contribution in [2.75, 3.05) is 38.8 Å². The van der Waals surface area contributed by atoms with Crippen LogP contribution in [0.15, 0.2) is 4.99 Å². The SMILES string of the molecule is CN=C(NCCOC1CCCCCC1)NCCSC.I. The van der Waals surface area contributed by atoms with Crippen molar-refractivity contribution >= 4 is 41.7 Å². The molecule has 0 bridgehead atoms. The topological polar surface area (TPSA) is 45.7 Å². The maximum Gasteiger partial charge on any atom is 0.191 e. The zero-order chi connectivity index (χ0) is 13.8. The van der Waals surface area contributed by atoms with Crippen molar-refractivity contribution in [3.8, 4) is 0 Å². The van der Waals surface area contributed by atoms with Gasteiger partial charge in [-0.2, -0.15) is 11.8 Å². The Morgan fingerprint density at radius 2 is 1.80 bits per heavy atom. The molecule has 0 aromatic rings. The average Bonchev–Trinajstić information content (AvgIpc) is 2.70. The molecule has 0 spiro atoms. The Balaban J connectivity index is 0.00000361. The predicted molar refractivity (Wildman–Crippen MR) is 101 cm³/mol. The summed E-state index contributed by atoms with van der Waals surface area (Å²) in [5.74, 6) is 1.97. The van der Waals surface area contributed by atoms with Crippen LogP contribution in [0.25, 0.3) is 0 Å². The molecule has 0 aromatic heterocycles. The fourth-order valence-electron chi connectivity index (χ4n) is 2.30. The van der Waals surface area contributed by atoms with Crippen LogP contribution in [0.2, 0.25) is 0 Å². The van der Waals surface area contributed by atoms with Crippen molar-refractivity contribution in [3.05, 3.63) is 0 Å². The van der Waals surface area contributed by atoms with E-state index < -0.39 is 0 Å². The number of thioether (sulfide) groups is 1. The van der Waals surface area contributed by atoms with Gasteiger partial charge in [-0.3, -0.25) is 4.99 Å². The Morgan fingerprint density at radius 1 is 1.15 bits per heavy atom. The average molecular weight is 415 g/mol. The van der Waals surface area contributed by atoms with Gasteiger partial charge >= 0.3 is 0 Å². The molecule has 4 nitrogen and oxygen atoms in total. The molecule has 1 aliphatic carbocycles. The van der Waals surface area contributed by atoms with E-state index in [-0.39, 0.29) is 24.0 Å². The summed E-state index contributed by atoms with van der Waals surface area (Å²) in [6.07, 6.45) is 10.5. The van der Waals surface area contributed by atoms with Crippen LogP contribution in [0.1, 0.15) is 38.5 Å². The largest absolute Gasteiger partial charge is 0.376 e. The molecule has 1 rings (SSSR count). The number of halogens is 1. The highest BCUT2D eigenvalue weighted by Gasteiger charge is 2.11. The third-order valence-electron chi connectivity index (χ3n) is 3.37. The molecule has 1 aliphatic rings.